The number of carbonyl (C=O) groups is 1. The van der Waals surface area contributed by atoms with Crippen molar-refractivity contribution >= 4 is 16.7 Å². The molecule has 0 amide bonds. The second kappa shape index (κ2) is 2.69. The Balaban J connectivity index is 2.70. The van der Waals surface area contributed by atoms with Crippen LogP contribution in [-0.4, -0.2) is 15.6 Å². The maximum atomic E-state index is 11.1. The van der Waals surface area contributed by atoms with Crippen molar-refractivity contribution in [3.05, 3.63) is 30.0 Å². The molecule has 0 fully saturated rings. The quantitative estimate of drug-likeness (QED) is 0.617. The van der Waals surface area contributed by atoms with Crippen LogP contribution in [0.3, 0.4) is 0 Å². The molecule has 0 atom stereocenters. The molecule has 2 aromatic rings. The van der Waals surface area contributed by atoms with E-state index in [9.17, 15) is 4.79 Å². The van der Waals surface area contributed by atoms with E-state index in [1.54, 1.807) is 17.8 Å². The number of fused-ring (bicyclic) bond motifs is 1. The van der Waals surface area contributed by atoms with Crippen molar-refractivity contribution in [1.29, 1.82) is 0 Å². The van der Waals surface area contributed by atoms with Crippen LogP contribution in [0.5, 0.6) is 0 Å². The molecule has 0 aliphatic rings. The molecule has 0 aliphatic carbocycles. The van der Waals surface area contributed by atoms with Crippen molar-refractivity contribution in [3.63, 3.8) is 0 Å². The third-order valence-electron chi connectivity index (χ3n) is 2.15. The lowest BCUT2D eigenvalue weighted by Crippen LogP contribution is -1.92. The second-order valence-corrected chi connectivity index (χ2v) is 3.10. The molecule has 3 nitrogen and oxygen atoms in total. The SMILES string of the molecule is CC(=O)c1ccc2c(cnn2C)c1. The first kappa shape index (κ1) is 7.98. The Bertz CT molecular complexity index is 471. The van der Waals surface area contributed by atoms with Gasteiger partial charge in [0.2, 0.25) is 0 Å². The number of nitrogens with zero attached hydrogens (tertiary/aromatic N) is 2. The average molecular weight is 174 g/mol. The van der Waals surface area contributed by atoms with E-state index in [1.807, 2.05) is 25.2 Å². The number of rotatable bonds is 1. The molecule has 2 rings (SSSR count). The van der Waals surface area contributed by atoms with Crippen molar-refractivity contribution in [2.75, 3.05) is 0 Å². The minimum Gasteiger partial charge on any atom is -0.295 e. The number of aromatic nitrogens is 2. The summed E-state index contributed by atoms with van der Waals surface area (Å²) in [6.07, 6.45) is 1.77. The number of carbonyl (C=O) groups excluding carboxylic acids is 1. The molecule has 1 heterocycles. The zero-order valence-electron chi connectivity index (χ0n) is 7.61. The van der Waals surface area contributed by atoms with Crippen molar-refractivity contribution < 1.29 is 4.79 Å². The maximum Gasteiger partial charge on any atom is 0.159 e. The van der Waals surface area contributed by atoms with Gasteiger partial charge in [0.05, 0.1) is 11.7 Å². The Morgan fingerprint density at radius 1 is 1.46 bits per heavy atom. The molecule has 0 radical (unpaired) electrons. The zero-order chi connectivity index (χ0) is 9.42. The van der Waals surface area contributed by atoms with Gasteiger partial charge >= 0.3 is 0 Å². The van der Waals surface area contributed by atoms with Crippen molar-refractivity contribution in [1.82, 2.24) is 9.78 Å². The topological polar surface area (TPSA) is 34.9 Å². The van der Waals surface area contributed by atoms with Crippen LogP contribution >= 0.6 is 0 Å². The fraction of sp³-hybridized carbons (Fsp3) is 0.200. The van der Waals surface area contributed by atoms with Gasteiger partial charge in [0.15, 0.2) is 5.78 Å². The largest absolute Gasteiger partial charge is 0.295 e. The van der Waals surface area contributed by atoms with E-state index in [4.69, 9.17) is 0 Å². The van der Waals surface area contributed by atoms with Gasteiger partial charge in [-0.05, 0) is 25.1 Å². The van der Waals surface area contributed by atoms with E-state index in [0.717, 1.165) is 16.5 Å². The minimum absolute atomic E-state index is 0.0887. The summed E-state index contributed by atoms with van der Waals surface area (Å²) in [6.45, 7) is 1.57. The molecule has 0 bridgehead atoms. The summed E-state index contributed by atoms with van der Waals surface area (Å²) in [4.78, 5) is 11.1. The molecule has 0 saturated heterocycles. The first-order valence-corrected chi connectivity index (χ1v) is 4.11. The lowest BCUT2D eigenvalue weighted by atomic mass is 10.1. The smallest absolute Gasteiger partial charge is 0.159 e. The Hall–Kier alpha value is -1.64. The first-order chi connectivity index (χ1) is 6.18. The molecule has 0 saturated carbocycles. The molecule has 0 aliphatic heterocycles. The summed E-state index contributed by atoms with van der Waals surface area (Å²) in [7, 11) is 1.88. The summed E-state index contributed by atoms with van der Waals surface area (Å²) in [5, 5.41) is 5.11. The van der Waals surface area contributed by atoms with Crippen LogP contribution in [0.2, 0.25) is 0 Å². The molecule has 1 aromatic carbocycles. The number of benzene rings is 1. The van der Waals surface area contributed by atoms with Crippen molar-refractivity contribution in [3.8, 4) is 0 Å². The van der Waals surface area contributed by atoms with Crippen LogP contribution in [0.1, 0.15) is 17.3 Å². The average Bonchev–Trinajstić information content (AvgIpc) is 2.47. The summed E-state index contributed by atoms with van der Waals surface area (Å²) in [5.41, 5.74) is 1.78. The molecule has 13 heavy (non-hydrogen) atoms. The summed E-state index contributed by atoms with van der Waals surface area (Å²) >= 11 is 0. The number of hydrogen-bond donors (Lipinski definition) is 0. The number of aryl methyl sites for hydroxylation is 1. The number of ketones is 1. The van der Waals surface area contributed by atoms with Gasteiger partial charge in [0.25, 0.3) is 0 Å². The minimum atomic E-state index is 0.0887. The molecule has 0 spiro atoms. The Morgan fingerprint density at radius 2 is 2.23 bits per heavy atom. The third kappa shape index (κ3) is 1.22. The van der Waals surface area contributed by atoms with Gasteiger partial charge < -0.3 is 0 Å². The van der Waals surface area contributed by atoms with Gasteiger partial charge in [0.1, 0.15) is 0 Å². The van der Waals surface area contributed by atoms with E-state index in [-0.39, 0.29) is 5.78 Å². The summed E-state index contributed by atoms with van der Waals surface area (Å²) in [5.74, 6) is 0.0887. The predicted octanol–water partition coefficient (Wildman–Crippen LogP) is 1.78. The van der Waals surface area contributed by atoms with E-state index in [0.29, 0.717) is 0 Å². The highest BCUT2D eigenvalue weighted by molar-refractivity contribution is 5.97. The molecule has 1 aromatic heterocycles. The van der Waals surface area contributed by atoms with Crippen LogP contribution in [0.15, 0.2) is 24.4 Å². The standard InChI is InChI=1S/C10H10N2O/c1-7(13)8-3-4-10-9(5-8)6-11-12(10)2/h3-6H,1-2H3. The van der Waals surface area contributed by atoms with Crippen LogP contribution in [-0.2, 0) is 7.05 Å². The highest BCUT2D eigenvalue weighted by Gasteiger charge is 2.02. The monoisotopic (exact) mass is 174 g/mol. The van der Waals surface area contributed by atoms with E-state index >= 15 is 0 Å². The van der Waals surface area contributed by atoms with Crippen molar-refractivity contribution in [2.45, 2.75) is 6.92 Å². The van der Waals surface area contributed by atoms with Gasteiger partial charge in [-0.25, -0.2) is 0 Å². The van der Waals surface area contributed by atoms with Gasteiger partial charge in [-0.1, -0.05) is 0 Å². The highest BCUT2D eigenvalue weighted by Crippen LogP contribution is 2.14. The van der Waals surface area contributed by atoms with Gasteiger partial charge in [-0.3, -0.25) is 9.48 Å². The Labute approximate surface area is 76.0 Å². The number of hydrogen-bond acceptors (Lipinski definition) is 2. The number of Topliss-reactive ketones (excluding diaryl/α,β-unsaturated/α-hetero) is 1. The summed E-state index contributed by atoms with van der Waals surface area (Å²) < 4.78 is 1.79. The van der Waals surface area contributed by atoms with Gasteiger partial charge in [-0.2, -0.15) is 5.10 Å². The normalized spacial score (nSPS) is 10.6. The molecule has 66 valence electrons. The lowest BCUT2D eigenvalue weighted by molar-refractivity contribution is 0.101. The van der Waals surface area contributed by atoms with Gasteiger partial charge in [-0.15, -0.1) is 0 Å². The van der Waals surface area contributed by atoms with Crippen molar-refractivity contribution in [2.24, 2.45) is 7.05 Å². The Kier molecular flexibility index (Phi) is 1.65. The summed E-state index contributed by atoms with van der Waals surface area (Å²) in [6, 6.07) is 5.61. The van der Waals surface area contributed by atoms with Crippen LogP contribution < -0.4 is 0 Å². The van der Waals surface area contributed by atoms with E-state index in [1.165, 1.54) is 0 Å². The van der Waals surface area contributed by atoms with Crippen LogP contribution in [0.25, 0.3) is 10.9 Å². The van der Waals surface area contributed by atoms with E-state index in [2.05, 4.69) is 5.10 Å². The second-order valence-electron chi connectivity index (χ2n) is 3.10. The highest BCUT2D eigenvalue weighted by atomic mass is 16.1. The van der Waals surface area contributed by atoms with E-state index < -0.39 is 0 Å². The molecular formula is C10H10N2O. The van der Waals surface area contributed by atoms with Crippen LogP contribution in [0.4, 0.5) is 0 Å². The molecular weight excluding hydrogens is 164 g/mol. The maximum absolute atomic E-state index is 11.1. The molecule has 0 unspecified atom stereocenters. The Morgan fingerprint density at radius 3 is 2.92 bits per heavy atom. The fourth-order valence-corrected chi connectivity index (χ4v) is 1.38. The van der Waals surface area contributed by atoms with Crippen LogP contribution in [0, 0.1) is 0 Å². The first-order valence-electron chi connectivity index (χ1n) is 4.11. The van der Waals surface area contributed by atoms with Gasteiger partial charge in [0, 0.05) is 18.0 Å². The third-order valence-corrected chi connectivity index (χ3v) is 2.15. The zero-order valence-corrected chi connectivity index (χ0v) is 7.61. The lowest BCUT2D eigenvalue weighted by Gasteiger charge is -1.96. The predicted molar refractivity (Wildman–Crippen MR) is 50.7 cm³/mol. The molecule has 0 N–H and O–H groups in total. The molecule has 3 heteroatoms. The fourth-order valence-electron chi connectivity index (χ4n) is 1.38.